The van der Waals surface area contributed by atoms with Gasteiger partial charge in [0.25, 0.3) is 5.56 Å². The van der Waals surface area contributed by atoms with Crippen LogP contribution in [0.25, 0.3) is 11.2 Å². The highest BCUT2D eigenvalue weighted by molar-refractivity contribution is 5.81. The minimum atomic E-state index is -0.242. The number of fused-ring (bicyclic) bond motifs is 1. The molecule has 2 aliphatic rings. The maximum atomic E-state index is 12.3. The molecule has 2 aromatic heterocycles. The molecule has 0 bridgehead atoms. The van der Waals surface area contributed by atoms with Crippen LogP contribution in [-0.4, -0.2) is 48.9 Å². The molecule has 3 heterocycles. The highest BCUT2D eigenvalue weighted by atomic mass is 16.2. The first-order valence-corrected chi connectivity index (χ1v) is 9.15. The van der Waals surface area contributed by atoms with E-state index in [-0.39, 0.29) is 22.9 Å². The highest BCUT2D eigenvalue weighted by Crippen LogP contribution is 2.32. The third kappa shape index (κ3) is 3.17. The molecule has 0 aromatic carbocycles. The number of rotatable bonds is 4. The van der Waals surface area contributed by atoms with Gasteiger partial charge in [-0.15, -0.1) is 5.10 Å². The minimum absolute atomic E-state index is 0.127. The van der Waals surface area contributed by atoms with Crippen molar-refractivity contribution in [2.24, 2.45) is 11.8 Å². The fourth-order valence-electron chi connectivity index (χ4n) is 3.53. The Morgan fingerprint density at radius 2 is 2.12 bits per heavy atom. The van der Waals surface area contributed by atoms with Gasteiger partial charge in [0.2, 0.25) is 5.91 Å². The Morgan fingerprint density at radius 3 is 2.84 bits per heavy atom. The van der Waals surface area contributed by atoms with Gasteiger partial charge in [0.05, 0.1) is 0 Å². The van der Waals surface area contributed by atoms with Gasteiger partial charge in [0.15, 0.2) is 11.2 Å². The molecule has 0 spiro atoms. The van der Waals surface area contributed by atoms with Crippen molar-refractivity contribution in [3.8, 4) is 0 Å². The molecule has 8 heteroatoms. The predicted octanol–water partition coefficient (Wildman–Crippen LogP) is 1.29. The van der Waals surface area contributed by atoms with Crippen LogP contribution >= 0.6 is 0 Å². The molecule has 1 atom stereocenters. The normalized spacial score (nSPS) is 21.2. The Bertz CT molecular complexity index is 850. The number of piperidine rings is 1. The molecule has 8 nitrogen and oxygen atoms in total. The van der Waals surface area contributed by atoms with Gasteiger partial charge in [-0.3, -0.25) is 9.59 Å². The van der Waals surface area contributed by atoms with E-state index >= 15 is 0 Å². The molecule has 1 saturated carbocycles. The number of hydrogen-bond acceptors (Lipinski definition) is 5. The van der Waals surface area contributed by atoms with Gasteiger partial charge in [0.1, 0.15) is 5.82 Å². The van der Waals surface area contributed by atoms with Gasteiger partial charge in [-0.05, 0) is 31.6 Å². The monoisotopic (exact) mass is 344 g/mol. The van der Waals surface area contributed by atoms with Gasteiger partial charge in [-0.25, -0.2) is 9.67 Å². The molecular weight excluding hydrogens is 320 g/mol. The summed E-state index contributed by atoms with van der Waals surface area (Å²) in [5.74, 6) is 1.67. The first-order chi connectivity index (χ1) is 12.0. The van der Waals surface area contributed by atoms with Crippen LogP contribution in [-0.2, 0) is 11.3 Å². The summed E-state index contributed by atoms with van der Waals surface area (Å²) in [7, 11) is 0. The Labute approximate surface area is 145 Å². The number of likely N-dealkylation sites (tertiary alicyclic amines) is 1. The first-order valence-electron chi connectivity index (χ1n) is 9.15. The second-order valence-corrected chi connectivity index (χ2v) is 7.62. The summed E-state index contributed by atoms with van der Waals surface area (Å²) in [6.07, 6.45) is 4.15. The van der Waals surface area contributed by atoms with Gasteiger partial charge in [-0.1, -0.05) is 19.1 Å². The molecule has 1 N–H and O–H groups in total. The maximum Gasteiger partial charge on any atom is 0.281 e. The van der Waals surface area contributed by atoms with Crippen LogP contribution in [0.4, 0.5) is 0 Å². The van der Waals surface area contributed by atoms with Crippen molar-refractivity contribution in [1.29, 1.82) is 0 Å². The standard InChI is InChI=1S/C17H24N6O2/c1-10(2)14-18-15-13(16(24)19-14)20-21-23(15)9-11-4-3-7-22(8-11)17(25)12-5-6-12/h10-12H,3-9H2,1-2H3,(H,18,19,24)/t11-/m0/s1. The third-order valence-corrected chi connectivity index (χ3v) is 5.13. The Kier molecular flexibility index (Phi) is 4.05. The third-order valence-electron chi connectivity index (χ3n) is 5.13. The van der Waals surface area contributed by atoms with E-state index < -0.39 is 0 Å². The summed E-state index contributed by atoms with van der Waals surface area (Å²) in [6.45, 7) is 6.23. The quantitative estimate of drug-likeness (QED) is 0.901. The smallest absolute Gasteiger partial charge is 0.281 e. The number of nitrogens with zero attached hydrogens (tertiary/aromatic N) is 5. The lowest BCUT2D eigenvalue weighted by atomic mass is 9.97. The zero-order valence-corrected chi connectivity index (χ0v) is 14.7. The van der Waals surface area contributed by atoms with E-state index in [1.165, 1.54) is 0 Å². The van der Waals surface area contributed by atoms with Crippen LogP contribution in [0.5, 0.6) is 0 Å². The average molecular weight is 344 g/mol. The SMILES string of the molecule is CC(C)c1nc2c(nnn2C[C@H]2CCCN(C(=O)C3CC3)C2)c(=O)[nH]1. The molecule has 2 aromatic rings. The van der Waals surface area contributed by atoms with Crippen molar-refractivity contribution >= 4 is 17.1 Å². The Balaban J connectivity index is 1.55. The van der Waals surface area contributed by atoms with E-state index in [2.05, 4.69) is 20.3 Å². The van der Waals surface area contributed by atoms with E-state index in [9.17, 15) is 9.59 Å². The van der Waals surface area contributed by atoms with E-state index in [1.54, 1.807) is 4.68 Å². The minimum Gasteiger partial charge on any atom is -0.342 e. The highest BCUT2D eigenvalue weighted by Gasteiger charge is 2.35. The Hall–Kier alpha value is -2.25. The van der Waals surface area contributed by atoms with Crippen LogP contribution < -0.4 is 5.56 Å². The molecule has 1 amide bonds. The van der Waals surface area contributed by atoms with Crippen LogP contribution in [0.1, 0.15) is 51.3 Å². The number of H-pyrrole nitrogens is 1. The maximum absolute atomic E-state index is 12.3. The van der Waals surface area contributed by atoms with Crippen LogP contribution in [0.15, 0.2) is 4.79 Å². The molecule has 2 fully saturated rings. The van der Waals surface area contributed by atoms with Crippen molar-refractivity contribution in [1.82, 2.24) is 29.9 Å². The van der Waals surface area contributed by atoms with Crippen molar-refractivity contribution < 1.29 is 4.79 Å². The topological polar surface area (TPSA) is 96.8 Å². The van der Waals surface area contributed by atoms with Gasteiger partial charge in [0, 0.05) is 31.5 Å². The van der Waals surface area contributed by atoms with Crippen molar-refractivity contribution in [2.75, 3.05) is 13.1 Å². The lowest BCUT2D eigenvalue weighted by Gasteiger charge is -2.32. The van der Waals surface area contributed by atoms with Crippen molar-refractivity contribution in [2.45, 2.75) is 52.0 Å². The van der Waals surface area contributed by atoms with E-state index in [1.807, 2.05) is 18.7 Å². The number of hydrogen-bond donors (Lipinski definition) is 1. The molecule has 1 aliphatic carbocycles. The van der Waals surface area contributed by atoms with Crippen molar-refractivity contribution in [3.63, 3.8) is 0 Å². The summed E-state index contributed by atoms with van der Waals surface area (Å²) < 4.78 is 1.73. The first kappa shape index (κ1) is 16.2. The van der Waals surface area contributed by atoms with Crippen LogP contribution in [0.2, 0.25) is 0 Å². The van der Waals surface area contributed by atoms with E-state index in [0.29, 0.717) is 29.8 Å². The number of carbonyl (C=O) groups is 1. The van der Waals surface area contributed by atoms with Crippen LogP contribution in [0.3, 0.4) is 0 Å². The molecule has 1 saturated heterocycles. The number of aromatic amines is 1. The molecule has 4 rings (SSSR count). The largest absolute Gasteiger partial charge is 0.342 e. The fourth-order valence-corrected chi connectivity index (χ4v) is 3.53. The fraction of sp³-hybridized carbons (Fsp3) is 0.706. The predicted molar refractivity (Wildman–Crippen MR) is 92.1 cm³/mol. The summed E-state index contributed by atoms with van der Waals surface area (Å²) >= 11 is 0. The zero-order chi connectivity index (χ0) is 17.6. The van der Waals surface area contributed by atoms with Crippen molar-refractivity contribution in [3.05, 3.63) is 16.2 Å². The summed E-state index contributed by atoms with van der Waals surface area (Å²) in [5.41, 5.74) is 0.582. The number of aromatic nitrogens is 5. The summed E-state index contributed by atoms with van der Waals surface area (Å²) in [4.78, 5) is 33.8. The van der Waals surface area contributed by atoms with E-state index in [0.717, 1.165) is 38.8 Å². The molecule has 1 aliphatic heterocycles. The second-order valence-electron chi connectivity index (χ2n) is 7.62. The molecular formula is C17H24N6O2. The molecule has 0 radical (unpaired) electrons. The second kappa shape index (κ2) is 6.24. The number of carbonyl (C=O) groups excluding carboxylic acids is 1. The molecule has 134 valence electrons. The van der Waals surface area contributed by atoms with E-state index in [4.69, 9.17) is 0 Å². The number of amides is 1. The zero-order valence-electron chi connectivity index (χ0n) is 14.7. The lowest BCUT2D eigenvalue weighted by Crippen LogP contribution is -2.42. The molecule has 25 heavy (non-hydrogen) atoms. The molecule has 0 unspecified atom stereocenters. The summed E-state index contributed by atoms with van der Waals surface area (Å²) in [6, 6.07) is 0. The number of nitrogens with one attached hydrogen (secondary N) is 1. The van der Waals surface area contributed by atoms with Crippen LogP contribution in [0, 0.1) is 11.8 Å². The average Bonchev–Trinajstić information content (AvgIpc) is 3.37. The summed E-state index contributed by atoms with van der Waals surface area (Å²) in [5, 5.41) is 8.15. The van der Waals surface area contributed by atoms with Gasteiger partial charge >= 0.3 is 0 Å². The Morgan fingerprint density at radius 1 is 1.32 bits per heavy atom. The lowest BCUT2D eigenvalue weighted by molar-refractivity contribution is -0.134. The van der Waals surface area contributed by atoms with Gasteiger partial charge < -0.3 is 9.88 Å². The van der Waals surface area contributed by atoms with Gasteiger partial charge in [-0.2, -0.15) is 0 Å².